The molecule has 6 heteroatoms. The van der Waals surface area contributed by atoms with Crippen LogP contribution in [0.25, 0.3) is 0 Å². The number of carboxylic acid groups (broad SMARTS) is 1. The van der Waals surface area contributed by atoms with E-state index >= 15 is 0 Å². The van der Waals surface area contributed by atoms with E-state index in [2.05, 4.69) is 21.2 Å². The molecular weight excluding hydrogens is 329 g/mol. The van der Waals surface area contributed by atoms with Crippen LogP contribution in [0.5, 0.6) is 0 Å². The van der Waals surface area contributed by atoms with Crippen LogP contribution >= 0.6 is 15.9 Å². The zero-order valence-electron chi connectivity index (χ0n) is 11.4. The van der Waals surface area contributed by atoms with Crippen LogP contribution in [0, 0.1) is 5.82 Å². The molecule has 2 N–H and O–H groups in total. The summed E-state index contributed by atoms with van der Waals surface area (Å²) in [6.07, 6.45) is 0.912. The third kappa shape index (κ3) is 4.30. The molecule has 20 heavy (non-hydrogen) atoms. The van der Waals surface area contributed by atoms with Gasteiger partial charge in [-0.1, -0.05) is 19.4 Å². The Labute approximate surface area is 125 Å². The van der Waals surface area contributed by atoms with Gasteiger partial charge in [-0.15, -0.1) is 0 Å². The Morgan fingerprint density at radius 2 is 2.10 bits per heavy atom. The van der Waals surface area contributed by atoms with Crippen LogP contribution in [0.4, 0.5) is 4.39 Å². The van der Waals surface area contributed by atoms with E-state index < -0.39 is 23.2 Å². The summed E-state index contributed by atoms with van der Waals surface area (Å²) in [4.78, 5) is 23.1. The number of aliphatic carboxylic acids is 1. The molecule has 1 rings (SSSR count). The highest BCUT2D eigenvalue weighted by molar-refractivity contribution is 9.10. The van der Waals surface area contributed by atoms with Crippen LogP contribution in [0.1, 0.15) is 32.3 Å². The van der Waals surface area contributed by atoms with Crippen LogP contribution in [0.3, 0.4) is 0 Å². The van der Waals surface area contributed by atoms with E-state index in [0.717, 1.165) is 0 Å². The summed E-state index contributed by atoms with van der Waals surface area (Å²) in [6, 6.07) is 4.38. The number of carboxylic acids is 1. The molecule has 1 unspecified atom stereocenters. The molecule has 0 saturated heterocycles. The minimum atomic E-state index is -1.29. The van der Waals surface area contributed by atoms with Crippen molar-refractivity contribution in [3.63, 3.8) is 0 Å². The molecule has 0 aliphatic heterocycles. The summed E-state index contributed by atoms with van der Waals surface area (Å²) in [6.45, 7) is 3.32. The van der Waals surface area contributed by atoms with Crippen molar-refractivity contribution in [2.24, 2.45) is 0 Å². The molecule has 0 aromatic heterocycles. The van der Waals surface area contributed by atoms with Crippen LogP contribution in [0.15, 0.2) is 22.7 Å². The number of halogens is 2. The predicted molar refractivity (Wildman–Crippen MR) is 76.9 cm³/mol. The van der Waals surface area contributed by atoms with Gasteiger partial charge >= 0.3 is 5.97 Å². The smallest absolute Gasteiger partial charge is 0.329 e. The lowest BCUT2D eigenvalue weighted by Crippen LogP contribution is -2.52. The fraction of sp³-hybridized carbons (Fsp3) is 0.429. The maximum atomic E-state index is 13.3. The van der Waals surface area contributed by atoms with E-state index in [0.29, 0.717) is 22.9 Å². The Morgan fingerprint density at radius 1 is 1.45 bits per heavy atom. The van der Waals surface area contributed by atoms with Gasteiger partial charge in [-0.05, 0) is 47.0 Å². The second kappa shape index (κ2) is 6.83. The molecule has 0 aliphatic carbocycles. The summed E-state index contributed by atoms with van der Waals surface area (Å²) in [5.74, 6) is -1.97. The van der Waals surface area contributed by atoms with E-state index in [1.165, 1.54) is 19.1 Å². The van der Waals surface area contributed by atoms with Crippen LogP contribution in [0.2, 0.25) is 0 Å². The number of carbonyl (C=O) groups excluding carboxylic acids is 1. The van der Waals surface area contributed by atoms with Gasteiger partial charge in [0.05, 0.1) is 10.9 Å². The van der Waals surface area contributed by atoms with Crippen molar-refractivity contribution in [2.75, 3.05) is 0 Å². The van der Waals surface area contributed by atoms with Gasteiger partial charge in [0.15, 0.2) is 0 Å². The molecule has 0 radical (unpaired) electrons. The molecule has 0 fully saturated rings. The zero-order chi connectivity index (χ0) is 15.3. The van der Waals surface area contributed by atoms with Crippen molar-refractivity contribution in [1.29, 1.82) is 0 Å². The van der Waals surface area contributed by atoms with E-state index in [1.54, 1.807) is 6.07 Å². The van der Waals surface area contributed by atoms with Crippen molar-refractivity contribution in [1.82, 2.24) is 5.32 Å². The SMILES string of the molecule is CCCC(C)(NC(=O)Cc1ccc(Br)c(F)c1)C(=O)O. The number of rotatable bonds is 6. The van der Waals surface area contributed by atoms with Gasteiger partial charge in [0.1, 0.15) is 11.4 Å². The number of carbonyl (C=O) groups is 2. The first-order chi connectivity index (χ1) is 9.28. The summed E-state index contributed by atoms with van der Waals surface area (Å²) in [5.41, 5.74) is -0.799. The minimum absolute atomic E-state index is 0.0587. The number of benzene rings is 1. The zero-order valence-corrected chi connectivity index (χ0v) is 13.0. The first-order valence-electron chi connectivity index (χ1n) is 6.27. The molecule has 0 bridgehead atoms. The average Bonchev–Trinajstić information content (AvgIpc) is 2.33. The Balaban J connectivity index is 2.75. The lowest BCUT2D eigenvalue weighted by molar-refractivity contribution is -0.147. The van der Waals surface area contributed by atoms with E-state index in [-0.39, 0.29) is 6.42 Å². The molecule has 1 amide bonds. The van der Waals surface area contributed by atoms with Crippen molar-refractivity contribution in [2.45, 2.75) is 38.6 Å². The van der Waals surface area contributed by atoms with Crippen LogP contribution in [-0.2, 0) is 16.0 Å². The highest BCUT2D eigenvalue weighted by Crippen LogP contribution is 2.17. The Bertz CT molecular complexity index is 521. The molecule has 110 valence electrons. The van der Waals surface area contributed by atoms with Gasteiger partial charge in [0.25, 0.3) is 0 Å². The van der Waals surface area contributed by atoms with Crippen LogP contribution < -0.4 is 5.32 Å². The number of amides is 1. The van der Waals surface area contributed by atoms with Crippen molar-refractivity contribution in [3.8, 4) is 0 Å². The fourth-order valence-corrected chi connectivity index (χ4v) is 2.16. The number of hydrogen-bond acceptors (Lipinski definition) is 2. The monoisotopic (exact) mass is 345 g/mol. The Morgan fingerprint density at radius 3 is 2.60 bits per heavy atom. The molecule has 4 nitrogen and oxygen atoms in total. The largest absolute Gasteiger partial charge is 0.480 e. The summed E-state index contributed by atoms with van der Waals surface area (Å²) >= 11 is 3.03. The molecule has 1 aromatic rings. The minimum Gasteiger partial charge on any atom is -0.480 e. The van der Waals surface area contributed by atoms with E-state index in [1.807, 2.05) is 6.92 Å². The number of hydrogen-bond donors (Lipinski definition) is 2. The lowest BCUT2D eigenvalue weighted by atomic mass is 9.96. The quantitative estimate of drug-likeness (QED) is 0.832. The molecular formula is C14H17BrFNO3. The fourth-order valence-electron chi connectivity index (χ4n) is 1.91. The van der Waals surface area contributed by atoms with Gasteiger partial charge in [-0.3, -0.25) is 4.79 Å². The molecule has 0 saturated carbocycles. The molecule has 1 atom stereocenters. The third-order valence-corrected chi connectivity index (χ3v) is 3.63. The summed E-state index contributed by atoms with van der Waals surface area (Å²) in [5, 5.41) is 11.7. The topological polar surface area (TPSA) is 66.4 Å². The van der Waals surface area contributed by atoms with Gasteiger partial charge in [0, 0.05) is 0 Å². The second-order valence-electron chi connectivity index (χ2n) is 4.86. The van der Waals surface area contributed by atoms with Gasteiger partial charge in [0.2, 0.25) is 5.91 Å². The Hall–Kier alpha value is -1.43. The highest BCUT2D eigenvalue weighted by Gasteiger charge is 2.33. The van der Waals surface area contributed by atoms with Gasteiger partial charge in [-0.2, -0.15) is 0 Å². The van der Waals surface area contributed by atoms with E-state index in [9.17, 15) is 19.1 Å². The first kappa shape index (κ1) is 16.6. The predicted octanol–water partition coefficient (Wildman–Crippen LogP) is 2.89. The summed E-state index contributed by atoms with van der Waals surface area (Å²) < 4.78 is 13.7. The molecule has 1 aromatic carbocycles. The maximum absolute atomic E-state index is 13.3. The van der Waals surface area contributed by atoms with E-state index in [4.69, 9.17) is 0 Å². The maximum Gasteiger partial charge on any atom is 0.329 e. The van der Waals surface area contributed by atoms with Gasteiger partial charge < -0.3 is 10.4 Å². The van der Waals surface area contributed by atoms with Gasteiger partial charge in [-0.25, -0.2) is 9.18 Å². The standard InChI is InChI=1S/C14H17BrFNO3/c1-3-6-14(2,13(19)20)17-12(18)8-9-4-5-10(15)11(16)7-9/h4-5,7H,3,6,8H2,1-2H3,(H,17,18)(H,19,20). The summed E-state index contributed by atoms with van der Waals surface area (Å²) in [7, 11) is 0. The number of nitrogens with one attached hydrogen (secondary N) is 1. The van der Waals surface area contributed by atoms with Crippen molar-refractivity contribution < 1.29 is 19.1 Å². The molecule has 0 spiro atoms. The first-order valence-corrected chi connectivity index (χ1v) is 7.06. The lowest BCUT2D eigenvalue weighted by Gasteiger charge is -2.25. The van der Waals surface area contributed by atoms with Crippen molar-refractivity contribution in [3.05, 3.63) is 34.1 Å². The third-order valence-electron chi connectivity index (χ3n) is 2.99. The molecule has 0 heterocycles. The van der Waals surface area contributed by atoms with Crippen molar-refractivity contribution >= 4 is 27.8 Å². The average molecular weight is 346 g/mol. The second-order valence-corrected chi connectivity index (χ2v) is 5.72. The van der Waals surface area contributed by atoms with Crippen LogP contribution in [-0.4, -0.2) is 22.5 Å². The Kier molecular flexibility index (Phi) is 5.68. The highest BCUT2D eigenvalue weighted by atomic mass is 79.9. The molecule has 0 aliphatic rings. The normalized spacial score (nSPS) is 13.6.